The zero-order chi connectivity index (χ0) is 25.4. The lowest BCUT2D eigenvalue weighted by Crippen LogP contribution is -2.56. The molecule has 1 fully saturated rings. The number of hydrogen-bond acceptors (Lipinski definition) is 8. The predicted octanol–water partition coefficient (Wildman–Crippen LogP) is 2.55. The largest absolute Gasteiger partial charge is 0.403 e. The van der Waals surface area contributed by atoms with Crippen molar-refractivity contribution < 1.29 is 14.6 Å². The van der Waals surface area contributed by atoms with Gasteiger partial charge in [0.05, 0.1) is 23.1 Å². The van der Waals surface area contributed by atoms with Crippen LogP contribution in [-0.2, 0) is 22.4 Å². The lowest BCUT2D eigenvalue weighted by molar-refractivity contribution is -0.157. The van der Waals surface area contributed by atoms with Gasteiger partial charge in [-0.25, -0.2) is 9.97 Å². The Morgan fingerprint density at radius 3 is 2.71 bits per heavy atom. The Bertz CT molecular complexity index is 1070. The molecule has 1 amide bonds. The van der Waals surface area contributed by atoms with Crippen molar-refractivity contribution in [1.29, 1.82) is 0 Å². The zero-order valence-corrected chi connectivity index (χ0v) is 21.0. The second-order valence-corrected chi connectivity index (χ2v) is 9.51. The number of aromatic nitrogens is 2. The number of aryl methyl sites for hydroxylation is 1. The highest BCUT2D eigenvalue weighted by atomic mass is 16.5. The van der Waals surface area contributed by atoms with Crippen LogP contribution in [-0.4, -0.2) is 70.5 Å². The van der Waals surface area contributed by atoms with Gasteiger partial charge in [-0.1, -0.05) is 12.1 Å². The number of benzene rings is 1. The molecule has 0 aliphatic carbocycles. The molecule has 0 spiro atoms. The number of likely N-dealkylation sites (tertiary alicyclic amines) is 1. The molecule has 188 valence electrons. The van der Waals surface area contributed by atoms with E-state index in [0.29, 0.717) is 44.0 Å². The van der Waals surface area contributed by atoms with E-state index in [4.69, 9.17) is 10.5 Å². The second kappa shape index (κ2) is 11.9. The second-order valence-electron chi connectivity index (χ2n) is 9.51. The highest BCUT2D eigenvalue weighted by molar-refractivity contribution is 5.82. The molecule has 35 heavy (non-hydrogen) atoms. The monoisotopic (exact) mass is 480 g/mol. The fourth-order valence-corrected chi connectivity index (χ4v) is 3.96. The Morgan fingerprint density at radius 2 is 2.06 bits per heavy atom. The van der Waals surface area contributed by atoms with Crippen LogP contribution in [0.4, 0.5) is 5.95 Å². The van der Waals surface area contributed by atoms with Gasteiger partial charge < -0.3 is 25.8 Å². The molecular weight excluding hydrogens is 444 g/mol. The fraction of sp³-hybridized carbons (Fsp3) is 0.462. The van der Waals surface area contributed by atoms with Crippen LogP contribution in [0.3, 0.4) is 0 Å². The van der Waals surface area contributed by atoms with Crippen LogP contribution >= 0.6 is 0 Å². The Hall–Kier alpha value is -3.30. The first-order valence-electron chi connectivity index (χ1n) is 11.8. The molecule has 3 rings (SSSR count). The third-order valence-corrected chi connectivity index (χ3v) is 5.57. The van der Waals surface area contributed by atoms with Gasteiger partial charge >= 0.3 is 0 Å². The van der Waals surface area contributed by atoms with Gasteiger partial charge in [-0.05, 0) is 56.9 Å². The van der Waals surface area contributed by atoms with E-state index in [0.717, 1.165) is 22.4 Å². The van der Waals surface area contributed by atoms with Crippen molar-refractivity contribution in [3.05, 3.63) is 53.5 Å². The number of ether oxygens (including phenoxy) is 1. The minimum Gasteiger partial charge on any atom is -0.403 e. The van der Waals surface area contributed by atoms with Crippen LogP contribution in [0.25, 0.3) is 11.3 Å². The van der Waals surface area contributed by atoms with Crippen LogP contribution in [0.2, 0.25) is 0 Å². The summed E-state index contributed by atoms with van der Waals surface area (Å²) in [6, 6.07) is 7.84. The van der Waals surface area contributed by atoms with E-state index in [9.17, 15) is 9.90 Å². The van der Waals surface area contributed by atoms with Crippen molar-refractivity contribution in [3.63, 3.8) is 0 Å². The number of nitrogens with one attached hydrogen (secondary N) is 1. The number of nitrogens with two attached hydrogens (primary N) is 1. The van der Waals surface area contributed by atoms with Gasteiger partial charge in [0.25, 0.3) is 0 Å². The van der Waals surface area contributed by atoms with Crippen LogP contribution < -0.4 is 11.1 Å². The molecule has 0 unspecified atom stereocenters. The minimum absolute atomic E-state index is 0.0277. The number of aliphatic imine (C=N–C) groups is 1. The van der Waals surface area contributed by atoms with Crippen molar-refractivity contribution in [2.45, 2.75) is 51.7 Å². The number of aliphatic hydroxyl groups excluding tert-OH is 1. The SMILES string of the molecule is CN=CC(=CN)Nc1nccc(-c2ccc(CCC(=O)N3CC(OC(C)(C)C)C3)c(CCO)c2)n1. The molecule has 9 heteroatoms. The van der Waals surface area contributed by atoms with Crippen molar-refractivity contribution >= 4 is 18.1 Å². The normalized spacial score (nSPS) is 14.9. The smallest absolute Gasteiger partial charge is 0.227 e. The Labute approximate surface area is 207 Å². The quantitative estimate of drug-likeness (QED) is 0.446. The first-order valence-corrected chi connectivity index (χ1v) is 11.8. The summed E-state index contributed by atoms with van der Waals surface area (Å²) in [5.74, 6) is 0.532. The lowest BCUT2D eigenvalue weighted by Gasteiger charge is -2.42. The average molecular weight is 481 g/mol. The van der Waals surface area contributed by atoms with Crippen molar-refractivity contribution in [2.75, 3.05) is 32.1 Å². The maximum atomic E-state index is 12.6. The third-order valence-electron chi connectivity index (χ3n) is 5.57. The number of allylic oxidation sites excluding steroid dienone is 1. The van der Waals surface area contributed by atoms with E-state index in [1.54, 1.807) is 19.5 Å². The van der Waals surface area contributed by atoms with Gasteiger partial charge in [-0.15, -0.1) is 0 Å². The summed E-state index contributed by atoms with van der Waals surface area (Å²) in [5.41, 5.74) is 9.69. The molecule has 1 aromatic carbocycles. The molecule has 2 aromatic rings. The van der Waals surface area contributed by atoms with Gasteiger partial charge in [0.1, 0.15) is 0 Å². The minimum atomic E-state index is -0.200. The molecule has 1 aliphatic heterocycles. The number of rotatable bonds is 10. The zero-order valence-electron chi connectivity index (χ0n) is 21.0. The number of aliphatic hydroxyl groups is 1. The van der Waals surface area contributed by atoms with Crippen molar-refractivity contribution in [3.8, 4) is 11.3 Å². The maximum Gasteiger partial charge on any atom is 0.227 e. The molecular formula is C26H36N6O3. The van der Waals surface area contributed by atoms with Crippen molar-refractivity contribution in [2.24, 2.45) is 10.7 Å². The average Bonchev–Trinajstić information content (AvgIpc) is 2.79. The Balaban J connectivity index is 1.66. The number of anilines is 1. The van der Waals surface area contributed by atoms with E-state index in [1.165, 1.54) is 6.20 Å². The van der Waals surface area contributed by atoms with Gasteiger partial charge in [0.2, 0.25) is 11.9 Å². The highest BCUT2D eigenvalue weighted by Gasteiger charge is 2.33. The number of carbonyl (C=O) groups excluding carboxylic acids is 1. The molecule has 2 heterocycles. The molecule has 0 radical (unpaired) electrons. The summed E-state index contributed by atoms with van der Waals surface area (Å²) >= 11 is 0. The molecule has 1 aliphatic rings. The van der Waals surface area contributed by atoms with E-state index in [2.05, 4.69) is 20.3 Å². The van der Waals surface area contributed by atoms with E-state index in [-0.39, 0.29) is 24.2 Å². The number of amides is 1. The van der Waals surface area contributed by atoms with E-state index in [1.807, 2.05) is 49.9 Å². The molecule has 0 bridgehead atoms. The van der Waals surface area contributed by atoms with Crippen LogP contribution in [0.1, 0.15) is 38.3 Å². The summed E-state index contributed by atoms with van der Waals surface area (Å²) in [7, 11) is 1.65. The van der Waals surface area contributed by atoms with Crippen LogP contribution in [0.5, 0.6) is 0 Å². The molecule has 0 saturated carbocycles. The van der Waals surface area contributed by atoms with Gasteiger partial charge in [0, 0.05) is 57.3 Å². The van der Waals surface area contributed by atoms with Gasteiger partial charge in [-0.2, -0.15) is 0 Å². The van der Waals surface area contributed by atoms with Crippen LogP contribution in [0, 0.1) is 0 Å². The third kappa shape index (κ3) is 7.60. The fourth-order valence-electron chi connectivity index (χ4n) is 3.96. The number of nitrogens with zero attached hydrogens (tertiary/aromatic N) is 4. The molecule has 1 saturated heterocycles. The standard InChI is InChI=1S/C26H36N6O3/c1-26(2,3)35-22-16-32(17-22)24(34)8-7-18-5-6-20(13-19(18)10-12-33)23-9-11-29-25(31-23)30-21(14-27)15-28-4/h5-6,9,11,13-15,22,33H,7-8,10,12,16-17,27H2,1-4H3,(H,29,30,31). The first-order chi connectivity index (χ1) is 16.7. The predicted molar refractivity (Wildman–Crippen MR) is 138 cm³/mol. The molecule has 1 aromatic heterocycles. The summed E-state index contributed by atoms with van der Waals surface area (Å²) in [6.45, 7) is 7.40. The Kier molecular flexibility index (Phi) is 8.95. The summed E-state index contributed by atoms with van der Waals surface area (Å²) in [4.78, 5) is 27.3. The van der Waals surface area contributed by atoms with Gasteiger partial charge in [0.15, 0.2) is 0 Å². The first kappa shape index (κ1) is 26.3. The molecule has 4 N–H and O–H groups in total. The Morgan fingerprint density at radius 1 is 1.29 bits per heavy atom. The maximum absolute atomic E-state index is 12.6. The van der Waals surface area contributed by atoms with E-state index < -0.39 is 0 Å². The molecule has 0 atom stereocenters. The van der Waals surface area contributed by atoms with E-state index >= 15 is 0 Å². The summed E-state index contributed by atoms with van der Waals surface area (Å²) in [6.07, 6.45) is 6.32. The molecule has 9 nitrogen and oxygen atoms in total. The summed E-state index contributed by atoms with van der Waals surface area (Å²) in [5, 5.41) is 12.6. The van der Waals surface area contributed by atoms with Crippen LogP contribution in [0.15, 0.2) is 47.4 Å². The van der Waals surface area contributed by atoms with Gasteiger partial charge in [-0.3, -0.25) is 9.79 Å². The van der Waals surface area contributed by atoms with Crippen molar-refractivity contribution in [1.82, 2.24) is 14.9 Å². The number of hydrogen-bond donors (Lipinski definition) is 3. The lowest BCUT2D eigenvalue weighted by atomic mass is 9.96. The summed E-state index contributed by atoms with van der Waals surface area (Å²) < 4.78 is 5.92. The topological polar surface area (TPSA) is 126 Å². The number of carbonyl (C=O) groups is 1. The highest BCUT2D eigenvalue weighted by Crippen LogP contribution is 2.24.